The highest BCUT2D eigenvalue weighted by Crippen LogP contribution is 2.18. The Morgan fingerprint density at radius 3 is 2.92 bits per heavy atom. The fraction of sp³-hybridized carbons (Fsp3) is 0.375. The van der Waals surface area contributed by atoms with Gasteiger partial charge in [0.15, 0.2) is 0 Å². The maximum absolute atomic E-state index is 12.7. The van der Waals surface area contributed by atoms with Crippen LogP contribution < -0.4 is 10.9 Å². The lowest BCUT2D eigenvalue weighted by Crippen LogP contribution is -2.23. The fourth-order valence-corrected chi connectivity index (χ4v) is 2.07. The Labute approximate surface area is 140 Å². The maximum atomic E-state index is 12.7. The standard InChI is InChI=1S/C16H22FN7/c1-11(2)24-16(21-22-23-24)14-6-5-7-15(19-14)20-18-9-8-12(3)10-13(4)17/h5-7,10-11,18H,3,8-9H2,1-2,4H3,(H,19,20)/b13-10+. The smallest absolute Gasteiger partial charge is 0.200 e. The largest absolute Gasteiger partial charge is 0.306 e. The van der Waals surface area contributed by atoms with Crippen LogP contribution in [-0.2, 0) is 0 Å². The number of aromatic nitrogens is 5. The summed E-state index contributed by atoms with van der Waals surface area (Å²) in [4.78, 5) is 4.49. The van der Waals surface area contributed by atoms with Crippen molar-refractivity contribution in [1.82, 2.24) is 30.6 Å². The number of tetrazole rings is 1. The second-order valence-corrected chi connectivity index (χ2v) is 5.64. The summed E-state index contributed by atoms with van der Waals surface area (Å²) in [5, 5.41) is 11.7. The first-order valence-electron chi connectivity index (χ1n) is 7.73. The van der Waals surface area contributed by atoms with Gasteiger partial charge in [-0.2, -0.15) is 0 Å². The van der Waals surface area contributed by atoms with Crippen molar-refractivity contribution in [2.24, 2.45) is 0 Å². The predicted molar refractivity (Wildman–Crippen MR) is 91.7 cm³/mol. The second kappa shape index (κ2) is 8.30. The van der Waals surface area contributed by atoms with Gasteiger partial charge in [0, 0.05) is 6.54 Å². The molecule has 0 aliphatic carbocycles. The Hall–Kier alpha value is -2.61. The molecule has 0 unspecified atom stereocenters. The summed E-state index contributed by atoms with van der Waals surface area (Å²) < 4.78 is 14.4. The molecule has 0 aliphatic heterocycles. The van der Waals surface area contributed by atoms with Crippen molar-refractivity contribution in [1.29, 1.82) is 0 Å². The Morgan fingerprint density at radius 1 is 1.42 bits per heavy atom. The molecule has 8 heteroatoms. The van der Waals surface area contributed by atoms with Crippen LogP contribution in [0.15, 0.2) is 42.3 Å². The van der Waals surface area contributed by atoms with Crippen LogP contribution in [0.3, 0.4) is 0 Å². The van der Waals surface area contributed by atoms with E-state index in [0.29, 0.717) is 30.3 Å². The Bertz CT molecular complexity index is 717. The van der Waals surface area contributed by atoms with Crippen LogP contribution in [-0.4, -0.2) is 31.7 Å². The monoisotopic (exact) mass is 331 g/mol. The first kappa shape index (κ1) is 17.7. The number of hydrazine groups is 1. The molecule has 2 aromatic rings. The molecule has 2 aromatic heterocycles. The molecule has 0 spiro atoms. The van der Waals surface area contributed by atoms with Crippen molar-refractivity contribution in [3.63, 3.8) is 0 Å². The third kappa shape index (κ3) is 4.95. The molecule has 2 heterocycles. The Balaban J connectivity index is 1.95. The highest BCUT2D eigenvalue weighted by molar-refractivity contribution is 5.52. The zero-order valence-electron chi connectivity index (χ0n) is 14.1. The van der Waals surface area contributed by atoms with E-state index in [4.69, 9.17) is 0 Å². The van der Waals surface area contributed by atoms with Crippen molar-refractivity contribution in [3.8, 4) is 11.5 Å². The van der Waals surface area contributed by atoms with Gasteiger partial charge in [0.1, 0.15) is 11.5 Å². The van der Waals surface area contributed by atoms with Gasteiger partial charge in [0.05, 0.1) is 11.9 Å². The molecule has 0 saturated heterocycles. The number of rotatable bonds is 8. The molecule has 0 atom stereocenters. The average molecular weight is 331 g/mol. The van der Waals surface area contributed by atoms with E-state index < -0.39 is 0 Å². The van der Waals surface area contributed by atoms with Gasteiger partial charge in [0.25, 0.3) is 0 Å². The highest BCUT2D eigenvalue weighted by Gasteiger charge is 2.12. The molecule has 0 aromatic carbocycles. The Kier molecular flexibility index (Phi) is 6.14. The molecule has 2 rings (SSSR count). The molecule has 2 N–H and O–H groups in total. The van der Waals surface area contributed by atoms with E-state index in [9.17, 15) is 4.39 Å². The first-order valence-corrected chi connectivity index (χ1v) is 7.73. The number of hydrogen-bond donors (Lipinski definition) is 2. The molecule has 24 heavy (non-hydrogen) atoms. The van der Waals surface area contributed by atoms with Crippen molar-refractivity contribution in [2.75, 3.05) is 12.0 Å². The molecular weight excluding hydrogens is 309 g/mol. The van der Waals surface area contributed by atoms with E-state index in [1.807, 2.05) is 32.0 Å². The predicted octanol–water partition coefficient (Wildman–Crippen LogP) is 3.05. The second-order valence-electron chi connectivity index (χ2n) is 5.64. The molecule has 128 valence electrons. The summed E-state index contributed by atoms with van der Waals surface area (Å²) in [7, 11) is 0. The summed E-state index contributed by atoms with van der Waals surface area (Å²) >= 11 is 0. The number of pyridine rings is 1. The molecule has 0 saturated carbocycles. The van der Waals surface area contributed by atoms with Gasteiger partial charge >= 0.3 is 0 Å². The normalized spacial score (nSPS) is 11.8. The molecular formula is C16H22FN7. The molecule has 7 nitrogen and oxygen atoms in total. The van der Waals surface area contributed by atoms with Crippen molar-refractivity contribution < 1.29 is 4.39 Å². The summed E-state index contributed by atoms with van der Waals surface area (Å²) in [6.45, 7) is 9.79. The topological polar surface area (TPSA) is 80.5 Å². The lowest BCUT2D eigenvalue weighted by atomic mass is 10.2. The van der Waals surface area contributed by atoms with Crippen LogP contribution in [0.2, 0.25) is 0 Å². The van der Waals surface area contributed by atoms with E-state index in [2.05, 4.69) is 37.9 Å². The van der Waals surface area contributed by atoms with Crippen LogP contribution in [0, 0.1) is 0 Å². The molecule has 0 amide bonds. The van der Waals surface area contributed by atoms with Gasteiger partial charge in [-0.05, 0) is 55.8 Å². The summed E-state index contributed by atoms with van der Waals surface area (Å²) in [6, 6.07) is 5.71. The van der Waals surface area contributed by atoms with Crippen LogP contribution in [0.5, 0.6) is 0 Å². The molecule has 0 aliphatic rings. The van der Waals surface area contributed by atoms with E-state index in [-0.39, 0.29) is 11.9 Å². The minimum Gasteiger partial charge on any atom is -0.306 e. The summed E-state index contributed by atoms with van der Waals surface area (Å²) in [5.41, 5.74) is 7.45. The minimum absolute atomic E-state index is 0.143. The lowest BCUT2D eigenvalue weighted by molar-refractivity contribution is 0.518. The van der Waals surface area contributed by atoms with Crippen molar-refractivity contribution >= 4 is 5.82 Å². The van der Waals surface area contributed by atoms with Crippen LogP contribution in [0.1, 0.15) is 33.2 Å². The van der Waals surface area contributed by atoms with Gasteiger partial charge in [-0.3, -0.25) is 0 Å². The van der Waals surface area contributed by atoms with Crippen LogP contribution >= 0.6 is 0 Å². The Morgan fingerprint density at radius 2 is 2.21 bits per heavy atom. The van der Waals surface area contributed by atoms with Crippen molar-refractivity contribution in [2.45, 2.75) is 33.2 Å². The van der Waals surface area contributed by atoms with E-state index >= 15 is 0 Å². The van der Waals surface area contributed by atoms with Crippen LogP contribution in [0.4, 0.5) is 10.2 Å². The number of allylic oxidation sites excluding steroid dienone is 2. The van der Waals surface area contributed by atoms with Crippen LogP contribution in [0.25, 0.3) is 11.5 Å². The zero-order chi connectivity index (χ0) is 17.5. The van der Waals surface area contributed by atoms with Crippen molar-refractivity contribution in [3.05, 3.63) is 42.3 Å². The third-order valence-electron chi connectivity index (χ3n) is 3.15. The minimum atomic E-state index is -0.245. The lowest BCUT2D eigenvalue weighted by Gasteiger charge is -2.10. The fourth-order valence-electron chi connectivity index (χ4n) is 2.07. The number of nitrogens with one attached hydrogen (secondary N) is 2. The third-order valence-corrected chi connectivity index (χ3v) is 3.15. The molecule has 0 fully saturated rings. The van der Waals surface area contributed by atoms with Gasteiger partial charge in [-0.15, -0.1) is 5.10 Å². The highest BCUT2D eigenvalue weighted by atomic mass is 19.1. The summed E-state index contributed by atoms with van der Waals surface area (Å²) in [5.74, 6) is 1.02. The van der Waals surface area contributed by atoms with Gasteiger partial charge in [-0.25, -0.2) is 19.5 Å². The van der Waals surface area contributed by atoms with Gasteiger partial charge in [0.2, 0.25) is 5.82 Å². The number of nitrogens with zero attached hydrogens (tertiary/aromatic N) is 5. The van der Waals surface area contributed by atoms with E-state index in [1.165, 1.54) is 13.0 Å². The number of halogens is 1. The maximum Gasteiger partial charge on any atom is 0.200 e. The van der Waals surface area contributed by atoms with Gasteiger partial charge < -0.3 is 5.43 Å². The first-order chi connectivity index (χ1) is 11.5. The SMILES string of the molecule is C=C(/C=C(\C)F)CCNNc1cccc(-c2nnnn2C(C)C)n1. The molecule has 0 bridgehead atoms. The average Bonchev–Trinajstić information content (AvgIpc) is 3.01. The van der Waals surface area contributed by atoms with E-state index in [0.717, 1.165) is 5.57 Å². The van der Waals surface area contributed by atoms with E-state index in [1.54, 1.807) is 4.68 Å². The number of hydrogen-bond acceptors (Lipinski definition) is 6. The quantitative estimate of drug-likeness (QED) is 0.440. The number of anilines is 1. The summed E-state index contributed by atoms with van der Waals surface area (Å²) in [6.07, 6.45) is 2.05. The molecule has 0 radical (unpaired) electrons. The van der Waals surface area contributed by atoms with Gasteiger partial charge in [-0.1, -0.05) is 18.2 Å². The zero-order valence-corrected chi connectivity index (χ0v) is 14.1.